The van der Waals surface area contributed by atoms with Crippen molar-refractivity contribution in [1.82, 2.24) is 14.7 Å². The number of hydrogen-bond acceptors (Lipinski definition) is 6. The smallest absolute Gasteiger partial charge is 0.290 e. The van der Waals surface area contributed by atoms with E-state index in [1.54, 1.807) is 19.2 Å². The minimum Gasteiger partial charge on any atom is -0.481 e. The molecule has 206 valence electrons. The van der Waals surface area contributed by atoms with E-state index >= 15 is 0 Å². The third kappa shape index (κ3) is 6.02. The fourth-order valence-corrected chi connectivity index (χ4v) is 5.55. The van der Waals surface area contributed by atoms with Crippen LogP contribution in [0, 0.1) is 6.92 Å². The second-order valence-electron chi connectivity index (χ2n) is 10.3. The van der Waals surface area contributed by atoms with Gasteiger partial charge in [-0.3, -0.25) is 14.5 Å². The molecule has 0 N–H and O–H groups in total. The maximum atomic E-state index is 13.5. The number of amides is 2. The van der Waals surface area contributed by atoms with Crippen molar-refractivity contribution in [1.29, 1.82) is 0 Å². The molecule has 2 aromatic carbocycles. The van der Waals surface area contributed by atoms with Gasteiger partial charge in [-0.1, -0.05) is 35.9 Å². The van der Waals surface area contributed by atoms with E-state index in [1.807, 2.05) is 34.9 Å². The van der Waals surface area contributed by atoms with E-state index in [0.717, 1.165) is 42.7 Å². The van der Waals surface area contributed by atoms with Crippen LogP contribution in [0.25, 0.3) is 0 Å². The lowest BCUT2D eigenvalue weighted by molar-refractivity contribution is -0.139. The number of methoxy groups -OCH3 is 1. The average Bonchev–Trinajstić information content (AvgIpc) is 3.50. The van der Waals surface area contributed by atoms with Crippen LogP contribution in [0.3, 0.4) is 0 Å². The number of aryl methyl sites for hydroxylation is 1. The quantitative estimate of drug-likeness (QED) is 0.439. The Bertz CT molecular complexity index is 1280. The van der Waals surface area contributed by atoms with E-state index in [4.69, 9.17) is 13.9 Å². The third-order valence-corrected chi connectivity index (χ3v) is 7.65. The summed E-state index contributed by atoms with van der Waals surface area (Å²) in [6.45, 7) is 9.04. The van der Waals surface area contributed by atoms with Gasteiger partial charge in [-0.25, -0.2) is 0 Å². The summed E-state index contributed by atoms with van der Waals surface area (Å²) in [6, 6.07) is 17.4. The van der Waals surface area contributed by atoms with Gasteiger partial charge >= 0.3 is 0 Å². The normalized spacial score (nSPS) is 18.5. The van der Waals surface area contributed by atoms with Crippen molar-refractivity contribution < 1.29 is 23.5 Å². The van der Waals surface area contributed by atoms with Gasteiger partial charge in [0.05, 0.1) is 18.9 Å². The molecule has 0 radical (unpaired) electrons. The monoisotopic (exact) mass is 531 g/mol. The molecule has 39 heavy (non-hydrogen) atoms. The standard InChI is InChI=1S/C31H37N3O5/c1-22-6-4-7-25(20-22)29-27-21-26(10-9-24(27)11-12-34(29)31(36)28-8-5-18-38-28)39-23(2)30(35)33-15-13-32(14-16-33)17-19-37-3/h4-10,18,20-21,23,29H,11-17,19H2,1-3H3/t23-,29+/m0/s1. The number of ether oxygens (including phenoxy) is 2. The number of nitrogens with zero attached hydrogens (tertiary/aromatic N) is 3. The zero-order valence-electron chi connectivity index (χ0n) is 23.0. The summed E-state index contributed by atoms with van der Waals surface area (Å²) in [6.07, 6.45) is 1.64. The molecule has 2 amide bonds. The first-order chi connectivity index (χ1) is 18.9. The lowest BCUT2D eigenvalue weighted by atomic mass is 9.87. The Hall–Kier alpha value is -3.62. The van der Waals surface area contributed by atoms with Gasteiger partial charge in [0, 0.05) is 46.4 Å². The molecule has 2 aliphatic rings. The molecule has 8 nitrogen and oxygen atoms in total. The van der Waals surface area contributed by atoms with E-state index < -0.39 is 6.10 Å². The first-order valence-corrected chi connectivity index (χ1v) is 13.6. The highest BCUT2D eigenvalue weighted by Crippen LogP contribution is 2.38. The Morgan fingerprint density at radius 3 is 2.56 bits per heavy atom. The second kappa shape index (κ2) is 12.1. The summed E-state index contributed by atoms with van der Waals surface area (Å²) in [4.78, 5) is 32.8. The molecule has 1 saturated heterocycles. The second-order valence-corrected chi connectivity index (χ2v) is 10.3. The lowest BCUT2D eigenvalue weighted by Gasteiger charge is -2.38. The van der Waals surface area contributed by atoms with E-state index in [9.17, 15) is 9.59 Å². The first kappa shape index (κ1) is 27.0. The topological polar surface area (TPSA) is 75.5 Å². The van der Waals surface area contributed by atoms with E-state index in [2.05, 4.69) is 36.1 Å². The van der Waals surface area contributed by atoms with Crippen LogP contribution in [0.5, 0.6) is 5.75 Å². The van der Waals surface area contributed by atoms with Crippen molar-refractivity contribution >= 4 is 11.8 Å². The summed E-state index contributed by atoms with van der Waals surface area (Å²) in [5, 5.41) is 0. The maximum absolute atomic E-state index is 13.5. The molecular formula is C31H37N3O5. The predicted octanol–water partition coefficient (Wildman–Crippen LogP) is 3.93. The predicted molar refractivity (Wildman–Crippen MR) is 148 cm³/mol. The lowest BCUT2D eigenvalue weighted by Crippen LogP contribution is -2.52. The molecule has 0 bridgehead atoms. The number of benzene rings is 2. The molecule has 3 aromatic rings. The van der Waals surface area contributed by atoms with Gasteiger partial charge in [-0.15, -0.1) is 0 Å². The summed E-state index contributed by atoms with van der Waals surface area (Å²) < 4.78 is 16.9. The number of carbonyl (C=O) groups excluding carboxylic acids is 2. The number of fused-ring (bicyclic) bond motifs is 1. The fourth-order valence-electron chi connectivity index (χ4n) is 5.55. The third-order valence-electron chi connectivity index (χ3n) is 7.65. The van der Waals surface area contributed by atoms with Gasteiger partial charge in [-0.2, -0.15) is 0 Å². The highest BCUT2D eigenvalue weighted by Gasteiger charge is 2.34. The van der Waals surface area contributed by atoms with Crippen LogP contribution in [0.1, 0.15) is 45.8 Å². The fraction of sp³-hybridized carbons (Fsp3) is 0.419. The van der Waals surface area contributed by atoms with Crippen LogP contribution in [0.15, 0.2) is 65.3 Å². The molecule has 2 aliphatic heterocycles. The average molecular weight is 532 g/mol. The largest absolute Gasteiger partial charge is 0.481 e. The zero-order chi connectivity index (χ0) is 27.4. The molecule has 8 heteroatoms. The van der Waals surface area contributed by atoms with Crippen molar-refractivity contribution in [2.24, 2.45) is 0 Å². The number of furan rings is 1. The van der Waals surface area contributed by atoms with Crippen LogP contribution < -0.4 is 4.74 Å². The van der Waals surface area contributed by atoms with Crippen molar-refractivity contribution in [3.63, 3.8) is 0 Å². The Balaban J connectivity index is 1.36. The number of hydrogen-bond donors (Lipinski definition) is 0. The molecule has 5 rings (SSSR count). The van der Waals surface area contributed by atoms with E-state index in [0.29, 0.717) is 37.8 Å². The molecule has 0 unspecified atom stereocenters. The Morgan fingerprint density at radius 1 is 1.03 bits per heavy atom. The van der Waals surface area contributed by atoms with Crippen molar-refractivity contribution in [2.45, 2.75) is 32.4 Å². The van der Waals surface area contributed by atoms with Crippen LogP contribution in [-0.2, 0) is 16.0 Å². The van der Waals surface area contributed by atoms with Crippen LogP contribution in [0.4, 0.5) is 0 Å². The number of rotatable bonds is 8. The molecule has 1 fully saturated rings. The van der Waals surface area contributed by atoms with Gasteiger partial charge in [-0.05, 0) is 61.2 Å². The first-order valence-electron chi connectivity index (χ1n) is 13.6. The van der Waals surface area contributed by atoms with E-state index in [-0.39, 0.29) is 17.9 Å². The molecule has 0 aliphatic carbocycles. The summed E-state index contributed by atoms with van der Waals surface area (Å²) in [5.41, 5.74) is 4.33. The highest BCUT2D eigenvalue weighted by atomic mass is 16.5. The van der Waals surface area contributed by atoms with Gasteiger partial charge in [0.25, 0.3) is 11.8 Å². The molecular weight excluding hydrogens is 494 g/mol. The van der Waals surface area contributed by atoms with Gasteiger partial charge < -0.3 is 23.7 Å². The molecule has 0 saturated carbocycles. The Morgan fingerprint density at radius 2 is 1.85 bits per heavy atom. The minimum absolute atomic E-state index is 0.0102. The van der Waals surface area contributed by atoms with Crippen molar-refractivity contribution in [3.05, 3.63) is 88.9 Å². The van der Waals surface area contributed by atoms with Crippen LogP contribution in [0.2, 0.25) is 0 Å². The summed E-state index contributed by atoms with van der Waals surface area (Å²) >= 11 is 0. The highest BCUT2D eigenvalue weighted by molar-refractivity contribution is 5.92. The minimum atomic E-state index is -0.615. The molecule has 3 heterocycles. The summed E-state index contributed by atoms with van der Waals surface area (Å²) in [5.74, 6) is 0.795. The van der Waals surface area contributed by atoms with Crippen molar-refractivity contribution in [3.8, 4) is 5.75 Å². The number of carbonyl (C=O) groups is 2. The SMILES string of the molecule is COCCN1CCN(C(=O)[C@H](C)Oc2ccc3c(c2)[C@@H](c2cccc(C)c2)N(C(=O)c2ccco2)CC3)CC1. The van der Waals surface area contributed by atoms with Crippen LogP contribution >= 0.6 is 0 Å². The van der Waals surface area contributed by atoms with Gasteiger partial charge in [0.1, 0.15) is 5.75 Å². The van der Waals surface area contributed by atoms with Gasteiger partial charge in [0.15, 0.2) is 11.9 Å². The van der Waals surface area contributed by atoms with E-state index in [1.165, 1.54) is 11.8 Å². The Kier molecular flexibility index (Phi) is 8.33. The Labute approximate surface area is 230 Å². The molecule has 2 atom stereocenters. The molecule has 1 aromatic heterocycles. The number of piperazine rings is 1. The van der Waals surface area contributed by atoms with Gasteiger partial charge in [0.2, 0.25) is 0 Å². The van der Waals surface area contributed by atoms with Crippen molar-refractivity contribution in [2.75, 3.05) is 53.0 Å². The molecule has 0 spiro atoms. The maximum Gasteiger partial charge on any atom is 0.290 e. The zero-order valence-corrected chi connectivity index (χ0v) is 23.0. The van der Waals surface area contributed by atoms with Crippen LogP contribution in [-0.4, -0.2) is 85.6 Å². The summed E-state index contributed by atoms with van der Waals surface area (Å²) in [7, 11) is 1.71.